The summed E-state index contributed by atoms with van der Waals surface area (Å²) in [4.78, 5) is 19.8. The molecule has 2 N–H and O–H groups in total. The van der Waals surface area contributed by atoms with Gasteiger partial charge in [-0.2, -0.15) is 13.2 Å². The van der Waals surface area contributed by atoms with E-state index >= 15 is 0 Å². The van der Waals surface area contributed by atoms with E-state index in [4.69, 9.17) is 0 Å². The van der Waals surface area contributed by atoms with Crippen LogP contribution in [0.3, 0.4) is 0 Å². The maximum Gasteiger partial charge on any atom is 0.416 e. The van der Waals surface area contributed by atoms with Crippen LogP contribution in [0.5, 0.6) is 0 Å². The first-order chi connectivity index (χ1) is 19.1. The summed E-state index contributed by atoms with van der Waals surface area (Å²) in [6, 6.07) is 20.1. The van der Waals surface area contributed by atoms with Gasteiger partial charge in [0.15, 0.2) is 0 Å². The summed E-state index contributed by atoms with van der Waals surface area (Å²) < 4.78 is 38.7. The van der Waals surface area contributed by atoms with Crippen molar-refractivity contribution in [3.63, 3.8) is 0 Å². The number of rotatable bonds is 7. The molecule has 4 rings (SSSR count). The van der Waals surface area contributed by atoms with Gasteiger partial charge in [0.2, 0.25) is 0 Å². The van der Waals surface area contributed by atoms with E-state index in [0.29, 0.717) is 31.0 Å². The number of fused-ring (bicyclic) bond motifs is 1. The molecule has 1 aliphatic rings. The summed E-state index contributed by atoms with van der Waals surface area (Å²) in [6.45, 7) is 6.63. The van der Waals surface area contributed by atoms with Crippen molar-refractivity contribution in [3.05, 3.63) is 107 Å². The Morgan fingerprint density at radius 1 is 1.07 bits per heavy atom. The van der Waals surface area contributed by atoms with Crippen molar-refractivity contribution in [2.24, 2.45) is 10.9 Å². The van der Waals surface area contributed by atoms with Gasteiger partial charge in [0.25, 0.3) is 5.91 Å². The van der Waals surface area contributed by atoms with E-state index in [9.17, 15) is 23.2 Å². The smallest absolute Gasteiger partial charge is 0.355 e. The molecule has 0 radical (unpaired) electrons. The number of halogens is 3. The number of anilines is 2. The lowest BCUT2D eigenvalue weighted by Gasteiger charge is -2.31. The second-order valence-electron chi connectivity index (χ2n) is 9.96. The number of benzene rings is 3. The SMILES string of the molecule is C/C=C(\N=C(C(C)C)N(O)Cc1ccccc1)C(=O)N1CCc2c(cccc2Nc2ccc(C(F)(F)F)cc2)C1. The third kappa shape index (κ3) is 6.90. The minimum absolute atomic E-state index is 0.127. The minimum Gasteiger partial charge on any atom is -0.355 e. The number of hydrogen-bond donors (Lipinski definition) is 2. The average Bonchev–Trinajstić information content (AvgIpc) is 2.93. The molecule has 3 aromatic carbocycles. The molecule has 0 aromatic heterocycles. The number of nitrogens with zero attached hydrogens (tertiary/aromatic N) is 3. The van der Waals surface area contributed by atoms with E-state index in [1.165, 1.54) is 12.1 Å². The third-order valence-electron chi connectivity index (χ3n) is 6.73. The molecule has 1 amide bonds. The van der Waals surface area contributed by atoms with Gasteiger partial charge in [0.05, 0.1) is 12.1 Å². The number of hydrogen-bond acceptors (Lipinski definition) is 4. The second-order valence-corrected chi connectivity index (χ2v) is 9.96. The van der Waals surface area contributed by atoms with E-state index in [-0.39, 0.29) is 24.1 Å². The first-order valence-electron chi connectivity index (χ1n) is 13.2. The molecule has 0 bridgehead atoms. The number of aliphatic imine (C=N–C) groups is 1. The first-order valence-corrected chi connectivity index (χ1v) is 13.2. The minimum atomic E-state index is -4.39. The monoisotopic (exact) mass is 550 g/mol. The molecule has 210 valence electrons. The highest BCUT2D eigenvalue weighted by Crippen LogP contribution is 2.32. The zero-order chi connectivity index (χ0) is 28.9. The van der Waals surface area contributed by atoms with Crippen molar-refractivity contribution < 1.29 is 23.2 Å². The highest BCUT2D eigenvalue weighted by atomic mass is 19.4. The fourth-order valence-electron chi connectivity index (χ4n) is 4.64. The lowest BCUT2D eigenvalue weighted by Crippen LogP contribution is -2.38. The molecule has 9 heteroatoms. The van der Waals surface area contributed by atoms with Crippen LogP contribution in [0.2, 0.25) is 0 Å². The predicted octanol–water partition coefficient (Wildman–Crippen LogP) is 7.18. The molecular formula is C31H33F3N4O2. The second kappa shape index (κ2) is 12.4. The van der Waals surface area contributed by atoms with Gasteiger partial charge in [-0.05, 0) is 60.4 Å². The van der Waals surface area contributed by atoms with Gasteiger partial charge in [-0.3, -0.25) is 10.0 Å². The fraction of sp³-hybridized carbons (Fsp3) is 0.290. The summed E-state index contributed by atoms with van der Waals surface area (Å²) in [7, 11) is 0. The molecule has 0 saturated heterocycles. The van der Waals surface area contributed by atoms with Crippen molar-refractivity contribution in [2.45, 2.75) is 46.5 Å². The summed E-state index contributed by atoms with van der Waals surface area (Å²) in [5.74, 6) is 0.0311. The molecule has 0 atom stereocenters. The van der Waals surface area contributed by atoms with Crippen molar-refractivity contribution in [2.75, 3.05) is 11.9 Å². The molecule has 40 heavy (non-hydrogen) atoms. The van der Waals surface area contributed by atoms with Crippen molar-refractivity contribution in [3.8, 4) is 0 Å². The number of hydroxylamine groups is 2. The van der Waals surface area contributed by atoms with E-state index < -0.39 is 11.7 Å². The Bertz CT molecular complexity index is 1380. The van der Waals surface area contributed by atoms with Gasteiger partial charge < -0.3 is 10.2 Å². The Morgan fingerprint density at radius 3 is 2.40 bits per heavy atom. The molecule has 0 fully saturated rings. The van der Waals surface area contributed by atoms with Crippen LogP contribution in [-0.4, -0.2) is 33.5 Å². The van der Waals surface area contributed by atoms with Crippen LogP contribution in [0.25, 0.3) is 0 Å². The molecule has 0 spiro atoms. The number of nitrogens with one attached hydrogen (secondary N) is 1. The third-order valence-corrected chi connectivity index (χ3v) is 6.73. The average molecular weight is 551 g/mol. The Labute approximate surface area is 232 Å². The number of amides is 1. The van der Waals surface area contributed by atoms with E-state index in [0.717, 1.165) is 39.6 Å². The lowest BCUT2D eigenvalue weighted by molar-refractivity contribution is -0.137. The zero-order valence-electron chi connectivity index (χ0n) is 22.7. The maximum absolute atomic E-state index is 13.5. The van der Waals surface area contributed by atoms with Gasteiger partial charge in [0, 0.05) is 30.4 Å². The van der Waals surface area contributed by atoms with Gasteiger partial charge in [-0.25, -0.2) is 10.1 Å². The summed E-state index contributed by atoms with van der Waals surface area (Å²) in [5.41, 5.74) is 3.79. The van der Waals surface area contributed by atoms with Gasteiger partial charge in [0.1, 0.15) is 11.5 Å². The molecule has 0 aliphatic carbocycles. The van der Waals surface area contributed by atoms with Crippen LogP contribution in [-0.2, 0) is 30.5 Å². The van der Waals surface area contributed by atoms with E-state index in [2.05, 4.69) is 10.3 Å². The quantitative estimate of drug-likeness (QED) is 0.142. The predicted molar refractivity (Wildman–Crippen MR) is 150 cm³/mol. The maximum atomic E-state index is 13.5. The molecule has 0 saturated carbocycles. The number of amidine groups is 1. The van der Waals surface area contributed by atoms with E-state index in [1.54, 1.807) is 17.9 Å². The van der Waals surface area contributed by atoms with Crippen LogP contribution in [0.15, 0.2) is 89.6 Å². The van der Waals surface area contributed by atoms with Crippen molar-refractivity contribution >= 4 is 23.1 Å². The van der Waals surface area contributed by atoms with Crippen LogP contribution >= 0.6 is 0 Å². The Morgan fingerprint density at radius 2 is 1.77 bits per heavy atom. The molecule has 1 heterocycles. The topological polar surface area (TPSA) is 68.2 Å². The normalized spacial score (nSPS) is 14.2. The highest BCUT2D eigenvalue weighted by Gasteiger charge is 2.30. The van der Waals surface area contributed by atoms with Gasteiger partial charge >= 0.3 is 6.18 Å². The van der Waals surface area contributed by atoms with Crippen LogP contribution in [0, 0.1) is 5.92 Å². The number of carbonyl (C=O) groups excluding carboxylic acids is 1. The molecule has 6 nitrogen and oxygen atoms in total. The van der Waals surface area contributed by atoms with Crippen LogP contribution < -0.4 is 5.32 Å². The zero-order valence-corrected chi connectivity index (χ0v) is 22.7. The van der Waals surface area contributed by atoms with E-state index in [1.807, 2.05) is 62.4 Å². The van der Waals surface area contributed by atoms with Gasteiger partial charge in [-0.15, -0.1) is 0 Å². The number of allylic oxidation sites excluding steroid dienone is 1. The Hall–Kier alpha value is -4.11. The van der Waals surface area contributed by atoms with Crippen LogP contribution in [0.1, 0.15) is 43.0 Å². The lowest BCUT2D eigenvalue weighted by atomic mass is 9.97. The molecular weight excluding hydrogens is 517 g/mol. The number of carbonyl (C=O) groups is 1. The Balaban J connectivity index is 1.49. The highest BCUT2D eigenvalue weighted by molar-refractivity contribution is 5.97. The first kappa shape index (κ1) is 28.9. The molecule has 1 aliphatic heterocycles. The molecule has 0 unspecified atom stereocenters. The van der Waals surface area contributed by atoms with Crippen molar-refractivity contribution in [1.82, 2.24) is 9.96 Å². The summed E-state index contributed by atoms with van der Waals surface area (Å²) in [6.07, 6.45) is -2.16. The molecule has 3 aromatic rings. The number of alkyl halides is 3. The van der Waals surface area contributed by atoms with Gasteiger partial charge in [-0.1, -0.05) is 62.4 Å². The Kier molecular flexibility index (Phi) is 8.94. The summed E-state index contributed by atoms with van der Waals surface area (Å²) >= 11 is 0. The van der Waals surface area contributed by atoms with Crippen molar-refractivity contribution in [1.29, 1.82) is 0 Å². The summed E-state index contributed by atoms with van der Waals surface area (Å²) in [5, 5.41) is 15.1. The van der Waals surface area contributed by atoms with Crippen LogP contribution in [0.4, 0.5) is 24.5 Å². The standard InChI is InChI=1S/C31H33F3N4O2/c1-4-27(36-29(21(2)3)38(40)19-22-9-6-5-7-10-22)30(39)37-18-17-26-23(20-37)11-8-12-28(26)35-25-15-13-24(14-16-25)31(32,33)34/h4-16,21,35,40H,17-20H2,1-3H3/b27-4-,36-29?. The fourth-order valence-corrected chi connectivity index (χ4v) is 4.64. The largest absolute Gasteiger partial charge is 0.416 e.